The summed E-state index contributed by atoms with van der Waals surface area (Å²) in [5.74, 6) is 0. The fourth-order valence-corrected chi connectivity index (χ4v) is 2.80. The zero-order valence-electron chi connectivity index (χ0n) is 8.06. The monoisotopic (exact) mass is 277 g/mol. The molecule has 15 heavy (non-hydrogen) atoms. The van der Waals surface area contributed by atoms with Crippen molar-refractivity contribution in [2.75, 3.05) is 0 Å². The number of hydrogen-bond donors (Lipinski definition) is 0. The van der Waals surface area contributed by atoms with Gasteiger partial charge in [0, 0.05) is 4.90 Å². The minimum absolute atomic E-state index is 1.15. The van der Waals surface area contributed by atoms with Gasteiger partial charge in [0.1, 0.15) is 4.16 Å². The van der Waals surface area contributed by atoms with Crippen LogP contribution in [0.5, 0.6) is 0 Å². The van der Waals surface area contributed by atoms with Crippen LogP contribution in [-0.4, -0.2) is 0 Å². The van der Waals surface area contributed by atoms with E-state index in [-0.39, 0.29) is 0 Å². The topological polar surface area (TPSA) is 0 Å². The Morgan fingerprint density at radius 3 is 1.93 bits per heavy atom. The van der Waals surface area contributed by atoms with Crippen molar-refractivity contribution < 1.29 is 0 Å². The summed E-state index contributed by atoms with van der Waals surface area (Å²) in [4.78, 5) is 1.24. The van der Waals surface area contributed by atoms with E-state index < -0.39 is 0 Å². The van der Waals surface area contributed by atoms with Crippen molar-refractivity contribution in [2.24, 2.45) is 0 Å². The highest BCUT2D eigenvalue weighted by atomic mass is 79.9. The van der Waals surface area contributed by atoms with Crippen LogP contribution in [0.1, 0.15) is 5.56 Å². The molecule has 0 aliphatic carbocycles. The number of thioether (sulfide) groups is 1. The predicted octanol–water partition coefficient (Wildman–Crippen LogP) is 4.71. The fourth-order valence-electron chi connectivity index (χ4n) is 1.22. The van der Waals surface area contributed by atoms with E-state index in [0.717, 1.165) is 4.16 Å². The lowest BCUT2D eigenvalue weighted by molar-refractivity contribution is 1.46. The van der Waals surface area contributed by atoms with Crippen LogP contribution in [0.25, 0.3) is 0 Å². The van der Waals surface area contributed by atoms with Crippen LogP contribution in [0, 0.1) is 4.16 Å². The molecule has 0 spiro atoms. The predicted molar refractivity (Wildman–Crippen MR) is 70.0 cm³/mol. The van der Waals surface area contributed by atoms with Gasteiger partial charge in [0.15, 0.2) is 0 Å². The molecule has 0 aliphatic rings. The van der Waals surface area contributed by atoms with Crippen molar-refractivity contribution in [3.05, 3.63) is 70.4 Å². The molecule has 75 valence electrons. The van der Waals surface area contributed by atoms with Gasteiger partial charge in [0.05, 0.1) is 0 Å². The molecular formula is C13H10BrS. The van der Waals surface area contributed by atoms with Gasteiger partial charge in [-0.1, -0.05) is 76.2 Å². The second-order valence-corrected chi connectivity index (χ2v) is 5.46. The van der Waals surface area contributed by atoms with Crippen LogP contribution in [0.3, 0.4) is 0 Å². The van der Waals surface area contributed by atoms with Crippen LogP contribution in [0.2, 0.25) is 0 Å². The maximum absolute atomic E-state index is 3.60. The molecule has 0 aliphatic heterocycles. The van der Waals surface area contributed by atoms with E-state index in [9.17, 15) is 0 Å². The molecule has 0 N–H and O–H groups in total. The molecule has 2 aromatic rings. The van der Waals surface area contributed by atoms with Crippen LogP contribution in [0.4, 0.5) is 0 Å². The highest BCUT2D eigenvalue weighted by molar-refractivity contribution is 9.13. The molecule has 0 heterocycles. The molecule has 2 rings (SSSR count). The summed E-state index contributed by atoms with van der Waals surface area (Å²) in [6, 6.07) is 20.6. The minimum atomic E-state index is 1.15. The van der Waals surface area contributed by atoms with Crippen LogP contribution < -0.4 is 0 Å². The van der Waals surface area contributed by atoms with E-state index in [1.165, 1.54) is 10.5 Å². The Kier molecular flexibility index (Phi) is 3.87. The molecule has 0 saturated carbocycles. The Hall–Kier alpha value is -0.730. The summed E-state index contributed by atoms with van der Waals surface area (Å²) < 4.78 is 1.15. The molecule has 1 radical (unpaired) electrons. The molecule has 0 saturated heterocycles. The number of halogens is 1. The summed E-state index contributed by atoms with van der Waals surface area (Å²) in [5, 5.41) is 0. The molecule has 2 heteroatoms. The Morgan fingerprint density at radius 2 is 1.33 bits per heavy atom. The number of hydrogen-bond acceptors (Lipinski definition) is 1. The summed E-state index contributed by atoms with van der Waals surface area (Å²) in [7, 11) is 0. The maximum Gasteiger partial charge on any atom is 0.129 e. The molecule has 0 nitrogen and oxygen atoms in total. The standard InChI is InChI=1S/C13H10BrS/c14-13(11-7-3-1-4-8-11)15-12-9-5-2-6-10-12/h1-10H. The zero-order chi connectivity index (χ0) is 10.5. The van der Waals surface area contributed by atoms with Gasteiger partial charge in [-0.15, -0.1) is 0 Å². The van der Waals surface area contributed by atoms with Gasteiger partial charge in [-0.3, -0.25) is 0 Å². The van der Waals surface area contributed by atoms with Gasteiger partial charge in [0.2, 0.25) is 0 Å². The quantitative estimate of drug-likeness (QED) is 0.732. The van der Waals surface area contributed by atoms with Crippen LogP contribution in [0.15, 0.2) is 65.6 Å². The molecule has 0 unspecified atom stereocenters. The van der Waals surface area contributed by atoms with E-state index in [2.05, 4.69) is 40.2 Å². The zero-order valence-corrected chi connectivity index (χ0v) is 10.5. The second-order valence-electron chi connectivity index (χ2n) is 3.05. The smallest absolute Gasteiger partial charge is 0.0999 e. The molecule has 0 aromatic heterocycles. The van der Waals surface area contributed by atoms with E-state index in [1.807, 2.05) is 36.4 Å². The Bertz CT molecular complexity index is 399. The third kappa shape index (κ3) is 3.11. The lowest BCUT2D eigenvalue weighted by Crippen LogP contribution is -1.84. The van der Waals surface area contributed by atoms with Gasteiger partial charge in [0.25, 0.3) is 0 Å². The average Bonchev–Trinajstić information content (AvgIpc) is 2.31. The van der Waals surface area contributed by atoms with Gasteiger partial charge >= 0.3 is 0 Å². The first kappa shape index (κ1) is 10.8. The van der Waals surface area contributed by atoms with Crippen molar-refractivity contribution in [1.29, 1.82) is 0 Å². The second kappa shape index (κ2) is 5.38. The van der Waals surface area contributed by atoms with Crippen LogP contribution >= 0.6 is 27.7 Å². The number of benzene rings is 2. The number of rotatable bonds is 3. The molecule has 0 atom stereocenters. The lowest BCUT2D eigenvalue weighted by atomic mass is 10.2. The Balaban J connectivity index is 2.08. The Labute approximate surface area is 103 Å². The van der Waals surface area contributed by atoms with E-state index in [0.29, 0.717) is 0 Å². The van der Waals surface area contributed by atoms with Crippen molar-refractivity contribution in [1.82, 2.24) is 0 Å². The first-order chi connectivity index (χ1) is 7.36. The Morgan fingerprint density at radius 1 is 0.800 bits per heavy atom. The van der Waals surface area contributed by atoms with Gasteiger partial charge in [-0.05, 0) is 17.7 Å². The first-order valence-corrected chi connectivity index (χ1v) is 6.28. The maximum atomic E-state index is 3.60. The lowest BCUT2D eigenvalue weighted by Gasteiger charge is -2.08. The average molecular weight is 278 g/mol. The molecule has 0 amide bonds. The third-order valence-corrected chi connectivity index (χ3v) is 3.82. The normalized spacial score (nSPS) is 10.5. The summed E-state index contributed by atoms with van der Waals surface area (Å²) >= 11 is 5.33. The van der Waals surface area contributed by atoms with E-state index >= 15 is 0 Å². The van der Waals surface area contributed by atoms with Gasteiger partial charge < -0.3 is 0 Å². The highest BCUT2D eigenvalue weighted by Gasteiger charge is 2.08. The highest BCUT2D eigenvalue weighted by Crippen LogP contribution is 2.38. The third-order valence-electron chi connectivity index (χ3n) is 1.95. The van der Waals surface area contributed by atoms with Crippen molar-refractivity contribution in [2.45, 2.75) is 4.90 Å². The fraction of sp³-hybridized carbons (Fsp3) is 0. The molecule has 0 bridgehead atoms. The summed E-state index contributed by atoms with van der Waals surface area (Å²) in [6.45, 7) is 0. The SMILES string of the molecule is Br[C](Sc1ccccc1)c1ccccc1. The van der Waals surface area contributed by atoms with Crippen molar-refractivity contribution in [3.63, 3.8) is 0 Å². The van der Waals surface area contributed by atoms with E-state index in [1.54, 1.807) is 11.8 Å². The van der Waals surface area contributed by atoms with E-state index in [4.69, 9.17) is 0 Å². The minimum Gasteiger partial charge on any atom is -0.0999 e. The molecule has 2 aromatic carbocycles. The van der Waals surface area contributed by atoms with Crippen LogP contribution in [-0.2, 0) is 0 Å². The largest absolute Gasteiger partial charge is 0.129 e. The molecule has 0 fully saturated rings. The molecular weight excluding hydrogens is 268 g/mol. The summed E-state index contributed by atoms with van der Waals surface area (Å²) in [5.41, 5.74) is 1.21. The van der Waals surface area contributed by atoms with Crippen molar-refractivity contribution in [3.8, 4) is 0 Å². The van der Waals surface area contributed by atoms with Gasteiger partial charge in [-0.25, -0.2) is 0 Å². The summed E-state index contributed by atoms with van der Waals surface area (Å²) in [6.07, 6.45) is 0. The first-order valence-electron chi connectivity index (χ1n) is 4.67. The van der Waals surface area contributed by atoms with Crippen molar-refractivity contribution >= 4 is 27.7 Å². The van der Waals surface area contributed by atoms with Gasteiger partial charge in [-0.2, -0.15) is 0 Å².